The molecule has 5 heteroatoms. The molecule has 4 nitrogen and oxygen atoms in total. The van der Waals surface area contributed by atoms with E-state index in [1.807, 2.05) is 42.5 Å². The van der Waals surface area contributed by atoms with Crippen molar-refractivity contribution in [3.05, 3.63) is 58.8 Å². The van der Waals surface area contributed by atoms with Crippen LogP contribution in [-0.2, 0) is 24.1 Å². The molecule has 1 aromatic carbocycles. The molecular formula is C21H22N2O2S. The summed E-state index contributed by atoms with van der Waals surface area (Å²) in [4.78, 5) is 18.2. The van der Waals surface area contributed by atoms with Crippen LogP contribution in [0, 0.1) is 5.92 Å². The van der Waals surface area contributed by atoms with E-state index in [9.17, 15) is 4.79 Å². The van der Waals surface area contributed by atoms with E-state index in [0.717, 1.165) is 35.1 Å². The van der Waals surface area contributed by atoms with Gasteiger partial charge in [-0.05, 0) is 37.3 Å². The van der Waals surface area contributed by atoms with Gasteiger partial charge in [-0.15, -0.1) is 11.3 Å². The lowest BCUT2D eigenvalue weighted by molar-refractivity contribution is -0.116. The maximum absolute atomic E-state index is 12.3. The number of anilines is 1. The van der Waals surface area contributed by atoms with Gasteiger partial charge in [0.25, 0.3) is 0 Å². The van der Waals surface area contributed by atoms with Crippen LogP contribution in [0.4, 0.5) is 5.13 Å². The Morgan fingerprint density at radius 2 is 2.12 bits per heavy atom. The Labute approximate surface area is 157 Å². The van der Waals surface area contributed by atoms with Gasteiger partial charge in [-0.2, -0.15) is 0 Å². The van der Waals surface area contributed by atoms with Crippen LogP contribution in [0.1, 0.15) is 36.1 Å². The normalized spacial score (nSPS) is 16.3. The second-order valence-electron chi connectivity index (χ2n) is 6.92. The molecule has 0 aliphatic heterocycles. The van der Waals surface area contributed by atoms with Crippen LogP contribution in [-0.4, -0.2) is 10.9 Å². The Morgan fingerprint density at radius 1 is 1.27 bits per heavy atom. The zero-order chi connectivity index (χ0) is 17.9. The van der Waals surface area contributed by atoms with E-state index >= 15 is 0 Å². The minimum atomic E-state index is -0.0122. The van der Waals surface area contributed by atoms with Gasteiger partial charge in [0.15, 0.2) is 5.13 Å². The van der Waals surface area contributed by atoms with Gasteiger partial charge in [-0.3, -0.25) is 4.79 Å². The summed E-state index contributed by atoms with van der Waals surface area (Å²) in [5.74, 6) is 2.36. The van der Waals surface area contributed by atoms with Gasteiger partial charge in [0.05, 0.1) is 5.69 Å². The van der Waals surface area contributed by atoms with Crippen molar-refractivity contribution in [1.29, 1.82) is 0 Å². The number of aromatic nitrogens is 1. The number of benzene rings is 1. The van der Waals surface area contributed by atoms with Crippen molar-refractivity contribution in [3.63, 3.8) is 0 Å². The molecule has 0 unspecified atom stereocenters. The lowest BCUT2D eigenvalue weighted by atomic mass is 9.93. The molecule has 1 atom stereocenters. The lowest BCUT2D eigenvalue weighted by Gasteiger charge is -2.15. The molecule has 0 bridgehead atoms. The predicted molar refractivity (Wildman–Crippen MR) is 104 cm³/mol. The molecule has 0 saturated carbocycles. The van der Waals surface area contributed by atoms with E-state index in [1.54, 1.807) is 11.3 Å². The summed E-state index contributed by atoms with van der Waals surface area (Å²) in [7, 11) is 0. The minimum Gasteiger partial charge on any atom is -0.461 e. The van der Waals surface area contributed by atoms with E-state index in [1.165, 1.54) is 17.0 Å². The van der Waals surface area contributed by atoms with Gasteiger partial charge in [0, 0.05) is 23.3 Å². The summed E-state index contributed by atoms with van der Waals surface area (Å²) in [6.07, 6.45) is 4.27. The van der Waals surface area contributed by atoms with Crippen molar-refractivity contribution in [2.45, 2.75) is 39.0 Å². The summed E-state index contributed by atoms with van der Waals surface area (Å²) in [5.41, 5.74) is 2.22. The lowest BCUT2D eigenvalue weighted by Crippen LogP contribution is -2.12. The molecule has 0 fully saturated rings. The highest BCUT2D eigenvalue weighted by Gasteiger charge is 2.20. The third-order valence-corrected chi connectivity index (χ3v) is 5.79. The number of hydrogen-bond acceptors (Lipinski definition) is 4. The molecule has 0 radical (unpaired) electrons. The molecule has 3 aromatic rings. The number of hydrogen-bond donors (Lipinski definition) is 1. The summed E-state index contributed by atoms with van der Waals surface area (Å²) in [6, 6.07) is 13.9. The van der Waals surface area contributed by atoms with Crippen LogP contribution < -0.4 is 5.32 Å². The zero-order valence-corrected chi connectivity index (χ0v) is 15.6. The van der Waals surface area contributed by atoms with Gasteiger partial charge < -0.3 is 9.73 Å². The number of thiazole rings is 1. The highest BCUT2D eigenvalue weighted by atomic mass is 32.1. The van der Waals surface area contributed by atoms with Crippen LogP contribution in [0.15, 0.2) is 46.9 Å². The molecular weight excluding hydrogens is 344 g/mol. The van der Waals surface area contributed by atoms with Crippen molar-refractivity contribution in [2.24, 2.45) is 5.92 Å². The number of amides is 1. The maximum Gasteiger partial charge on any atom is 0.226 e. The van der Waals surface area contributed by atoms with Crippen LogP contribution in [0.3, 0.4) is 0 Å². The van der Waals surface area contributed by atoms with Crippen molar-refractivity contribution < 1.29 is 9.21 Å². The molecule has 4 rings (SSSR count). The summed E-state index contributed by atoms with van der Waals surface area (Å²) >= 11 is 1.62. The van der Waals surface area contributed by atoms with E-state index < -0.39 is 0 Å². The van der Waals surface area contributed by atoms with Gasteiger partial charge in [0.1, 0.15) is 11.5 Å². The molecule has 1 amide bonds. The third kappa shape index (κ3) is 3.88. The molecule has 1 N–H and O–H groups in total. The molecule has 2 heterocycles. The number of furan rings is 1. The van der Waals surface area contributed by atoms with Gasteiger partial charge >= 0.3 is 0 Å². The number of rotatable bonds is 5. The predicted octanol–water partition coefficient (Wildman–Crippen LogP) is 5.10. The van der Waals surface area contributed by atoms with Gasteiger partial charge in [-0.1, -0.05) is 37.3 Å². The Morgan fingerprint density at radius 3 is 2.96 bits per heavy atom. The standard InChI is InChI=1S/C21H22N2O2S/c1-14-7-10-17-19(13-14)26-21(22-17)23-20(24)12-9-16-8-11-18(25-16)15-5-3-2-4-6-15/h2-6,8,11,14H,7,9-10,12-13H2,1H3,(H,22,23,24)/t14-/m1/s1. The largest absolute Gasteiger partial charge is 0.461 e. The third-order valence-electron chi connectivity index (χ3n) is 4.75. The summed E-state index contributed by atoms with van der Waals surface area (Å²) < 4.78 is 5.86. The molecule has 0 saturated heterocycles. The fraction of sp³-hybridized carbons (Fsp3) is 0.333. The number of fused-ring (bicyclic) bond motifs is 1. The van der Waals surface area contributed by atoms with Gasteiger partial charge in [0.2, 0.25) is 5.91 Å². The Bertz CT molecular complexity index is 898. The van der Waals surface area contributed by atoms with E-state index in [-0.39, 0.29) is 5.91 Å². The molecule has 0 spiro atoms. The van der Waals surface area contributed by atoms with Crippen molar-refractivity contribution >= 4 is 22.4 Å². The van der Waals surface area contributed by atoms with Crippen molar-refractivity contribution in [2.75, 3.05) is 5.32 Å². The second kappa shape index (κ2) is 7.46. The highest BCUT2D eigenvalue weighted by molar-refractivity contribution is 7.15. The molecule has 2 aromatic heterocycles. The first kappa shape index (κ1) is 17.0. The Hall–Kier alpha value is -2.40. The number of nitrogens with zero attached hydrogens (tertiary/aromatic N) is 1. The average Bonchev–Trinajstić information content (AvgIpc) is 3.27. The number of aryl methyl sites for hydroxylation is 2. The quantitative estimate of drug-likeness (QED) is 0.683. The fourth-order valence-corrected chi connectivity index (χ4v) is 4.47. The number of carbonyl (C=O) groups is 1. The Balaban J connectivity index is 1.33. The topological polar surface area (TPSA) is 55.1 Å². The first-order valence-corrected chi connectivity index (χ1v) is 9.91. The van der Waals surface area contributed by atoms with Crippen LogP contribution in [0.2, 0.25) is 0 Å². The highest BCUT2D eigenvalue weighted by Crippen LogP contribution is 2.32. The number of carbonyl (C=O) groups excluding carboxylic acids is 1. The van der Waals surface area contributed by atoms with E-state index in [0.29, 0.717) is 18.8 Å². The first-order valence-electron chi connectivity index (χ1n) is 9.10. The minimum absolute atomic E-state index is 0.0122. The molecule has 1 aliphatic rings. The smallest absolute Gasteiger partial charge is 0.226 e. The first-order chi connectivity index (χ1) is 12.7. The molecule has 134 valence electrons. The van der Waals surface area contributed by atoms with E-state index in [4.69, 9.17) is 4.42 Å². The molecule has 1 aliphatic carbocycles. The zero-order valence-electron chi connectivity index (χ0n) is 14.8. The summed E-state index contributed by atoms with van der Waals surface area (Å²) in [6.45, 7) is 2.27. The van der Waals surface area contributed by atoms with Crippen molar-refractivity contribution in [1.82, 2.24) is 4.98 Å². The SMILES string of the molecule is C[C@@H]1CCc2nc(NC(=O)CCc3ccc(-c4ccccc4)o3)sc2C1. The van der Waals surface area contributed by atoms with E-state index in [2.05, 4.69) is 17.2 Å². The average molecular weight is 366 g/mol. The maximum atomic E-state index is 12.3. The fourth-order valence-electron chi connectivity index (χ4n) is 3.28. The Kier molecular flexibility index (Phi) is 4.89. The van der Waals surface area contributed by atoms with Gasteiger partial charge in [-0.25, -0.2) is 4.98 Å². The summed E-state index contributed by atoms with van der Waals surface area (Å²) in [5, 5.41) is 3.68. The molecule has 26 heavy (non-hydrogen) atoms. The van der Waals surface area contributed by atoms with Crippen LogP contribution in [0.5, 0.6) is 0 Å². The van der Waals surface area contributed by atoms with Crippen molar-refractivity contribution in [3.8, 4) is 11.3 Å². The number of nitrogens with one attached hydrogen (secondary N) is 1. The van der Waals surface area contributed by atoms with Crippen LogP contribution >= 0.6 is 11.3 Å². The second-order valence-corrected chi connectivity index (χ2v) is 8.00. The monoisotopic (exact) mass is 366 g/mol. The van der Waals surface area contributed by atoms with Crippen LogP contribution in [0.25, 0.3) is 11.3 Å².